The third kappa shape index (κ3) is 1.87. The molecule has 0 saturated heterocycles. The van der Waals surface area contributed by atoms with E-state index in [0.29, 0.717) is 6.42 Å². The molecule has 0 aliphatic carbocycles. The first-order valence-corrected chi connectivity index (χ1v) is 6.26. The summed E-state index contributed by atoms with van der Waals surface area (Å²) in [5.41, 5.74) is 4.24. The number of carbonyl (C=O) groups excluding carboxylic acids is 1. The highest BCUT2D eigenvalue weighted by atomic mass is 16.5. The Morgan fingerprint density at radius 1 is 1.16 bits per heavy atom. The van der Waals surface area contributed by atoms with Gasteiger partial charge in [-0.2, -0.15) is 0 Å². The molecule has 0 amide bonds. The Hall–Kier alpha value is -2.29. The summed E-state index contributed by atoms with van der Waals surface area (Å²) in [5, 5.41) is 2.34. The Labute approximate surface area is 111 Å². The van der Waals surface area contributed by atoms with Crippen molar-refractivity contribution in [3.63, 3.8) is 0 Å². The van der Waals surface area contributed by atoms with E-state index in [1.54, 1.807) is 0 Å². The van der Waals surface area contributed by atoms with Crippen molar-refractivity contribution in [3.05, 3.63) is 47.5 Å². The van der Waals surface area contributed by atoms with Gasteiger partial charge in [-0.05, 0) is 24.1 Å². The standard InChI is InChI=1S/C16H15NO2/c1-10-7-8-12-11-5-3-4-6-14(11)17-16(12)13(10)9-15(18)19-2/h3-8,17H,9H2,1-2H3. The van der Waals surface area contributed by atoms with Gasteiger partial charge in [0.05, 0.1) is 19.0 Å². The fourth-order valence-electron chi connectivity index (χ4n) is 2.53. The van der Waals surface area contributed by atoms with Crippen molar-refractivity contribution in [2.45, 2.75) is 13.3 Å². The van der Waals surface area contributed by atoms with Crippen LogP contribution < -0.4 is 0 Å². The quantitative estimate of drug-likeness (QED) is 0.712. The number of esters is 1. The van der Waals surface area contributed by atoms with Crippen molar-refractivity contribution < 1.29 is 9.53 Å². The van der Waals surface area contributed by atoms with Crippen molar-refractivity contribution >= 4 is 27.8 Å². The number of para-hydroxylation sites is 1. The first kappa shape index (κ1) is 11.8. The van der Waals surface area contributed by atoms with E-state index < -0.39 is 0 Å². The average molecular weight is 253 g/mol. The zero-order valence-corrected chi connectivity index (χ0v) is 11.0. The zero-order valence-electron chi connectivity index (χ0n) is 11.0. The molecule has 0 fully saturated rings. The molecule has 1 N–H and O–H groups in total. The number of H-pyrrole nitrogens is 1. The fourth-order valence-corrected chi connectivity index (χ4v) is 2.53. The molecule has 1 heterocycles. The Kier molecular flexibility index (Phi) is 2.75. The van der Waals surface area contributed by atoms with Gasteiger partial charge in [0.15, 0.2) is 0 Å². The van der Waals surface area contributed by atoms with Crippen LogP contribution in [0.1, 0.15) is 11.1 Å². The van der Waals surface area contributed by atoms with Crippen molar-refractivity contribution in [2.24, 2.45) is 0 Å². The Bertz CT molecular complexity index is 771. The van der Waals surface area contributed by atoms with Crippen LogP contribution in [-0.2, 0) is 16.0 Å². The minimum Gasteiger partial charge on any atom is -0.469 e. The molecule has 0 bridgehead atoms. The highest BCUT2D eigenvalue weighted by molar-refractivity contribution is 6.09. The summed E-state index contributed by atoms with van der Waals surface area (Å²) < 4.78 is 4.78. The second kappa shape index (κ2) is 4.43. The molecule has 2 aromatic carbocycles. The molecule has 3 aromatic rings. The number of rotatable bonds is 2. The maximum atomic E-state index is 11.6. The average Bonchev–Trinajstić information content (AvgIpc) is 2.80. The Balaban J connectivity index is 2.30. The molecule has 19 heavy (non-hydrogen) atoms. The van der Waals surface area contributed by atoms with E-state index in [2.05, 4.69) is 23.2 Å². The molecule has 3 rings (SSSR count). The van der Waals surface area contributed by atoms with E-state index in [0.717, 1.165) is 27.5 Å². The van der Waals surface area contributed by atoms with Crippen LogP contribution in [0.5, 0.6) is 0 Å². The molecule has 0 radical (unpaired) electrons. The van der Waals surface area contributed by atoms with Gasteiger partial charge in [-0.25, -0.2) is 0 Å². The van der Waals surface area contributed by atoms with E-state index in [1.165, 1.54) is 12.5 Å². The minimum atomic E-state index is -0.214. The summed E-state index contributed by atoms with van der Waals surface area (Å²) in [6.45, 7) is 2.02. The summed E-state index contributed by atoms with van der Waals surface area (Å²) >= 11 is 0. The first-order valence-electron chi connectivity index (χ1n) is 6.26. The van der Waals surface area contributed by atoms with Crippen molar-refractivity contribution in [1.82, 2.24) is 4.98 Å². The lowest BCUT2D eigenvalue weighted by Crippen LogP contribution is -2.06. The lowest BCUT2D eigenvalue weighted by molar-refractivity contribution is -0.139. The largest absolute Gasteiger partial charge is 0.469 e. The van der Waals surface area contributed by atoms with Gasteiger partial charge in [0.25, 0.3) is 0 Å². The van der Waals surface area contributed by atoms with E-state index in [1.807, 2.05) is 25.1 Å². The van der Waals surface area contributed by atoms with Gasteiger partial charge in [0.2, 0.25) is 0 Å². The monoisotopic (exact) mass is 253 g/mol. The number of aromatic nitrogens is 1. The van der Waals surface area contributed by atoms with Crippen molar-refractivity contribution in [3.8, 4) is 0 Å². The third-order valence-electron chi connectivity index (χ3n) is 3.57. The number of aromatic amines is 1. The molecule has 0 unspecified atom stereocenters. The first-order chi connectivity index (χ1) is 9.20. The maximum absolute atomic E-state index is 11.6. The van der Waals surface area contributed by atoms with E-state index in [-0.39, 0.29) is 5.97 Å². The number of ether oxygens (including phenoxy) is 1. The lowest BCUT2D eigenvalue weighted by atomic mass is 10.0. The van der Waals surface area contributed by atoms with Crippen LogP contribution in [-0.4, -0.2) is 18.1 Å². The number of methoxy groups -OCH3 is 1. The van der Waals surface area contributed by atoms with Gasteiger partial charge < -0.3 is 9.72 Å². The Morgan fingerprint density at radius 3 is 2.74 bits per heavy atom. The van der Waals surface area contributed by atoms with Gasteiger partial charge in [-0.3, -0.25) is 4.79 Å². The summed E-state index contributed by atoms with van der Waals surface area (Å²) in [6.07, 6.45) is 0.298. The molecule has 0 aliphatic rings. The number of carbonyl (C=O) groups is 1. The molecule has 96 valence electrons. The molecule has 1 aromatic heterocycles. The topological polar surface area (TPSA) is 42.1 Å². The number of hydrogen-bond donors (Lipinski definition) is 1. The lowest BCUT2D eigenvalue weighted by Gasteiger charge is -2.06. The number of nitrogens with one attached hydrogen (secondary N) is 1. The van der Waals surface area contributed by atoms with Gasteiger partial charge in [0, 0.05) is 16.3 Å². The third-order valence-corrected chi connectivity index (χ3v) is 3.57. The van der Waals surface area contributed by atoms with Crippen molar-refractivity contribution in [1.29, 1.82) is 0 Å². The maximum Gasteiger partial charge on any atom is 0.310 e. The van der Waals surface area contributed by atoms with Crippen LogP contribution >= 0.6 is 0 Å². The molecule has 0 aliphatic heterocycles. The smallest absolute Gasteiger partial charge is 0.310 e. The van der Waals surface area contributed by atoms with Crippen molar-refractivity contribution in [2.75, 3.05) is 7.11 Å². The molecule has 0 spiro atoms. The minimum absolute atomic E-state index is 0.214. The number of hydrogen-bond acceptors (Lipinski definition) is 2. The van der Waals surface area contributed by atoms with Crippen LogP contribution in [0.4, 0.5) is 0 Å². The number of fused-ring (bicyclic) bond motifs is 3. The summed E-state index contributed by atoms with van der Waals surface area (Å²) in [4.78, 5) is 15.0. The van der Waals surface area contributed by atoms with Crippen LogP contribution in [0.15, 0.2) is 36.4 Å². The Morgan fingerprint density at radius 2 is 1.95 bits per heavy atom. The molecule has 0 saturated carbocycles. The van der Waals surface area contributed by atoms with Gasteiger partial charge in [-0.15, -0.1) is 0 Å². The number of benzene rings is 2. The van der Waals surface area contributed by atoms with E-state index in [4.69, 9.17) is 4.74 Å². The predicted molar refractivity (Wildman–Crippen MR) is 76.3 cm³/mol. The van der Waals surface area contributed by atoms with Crippen LogP contribution in [0.2, 0.25) is 0 Å². The summed E-state index contributed by atoms with van der Waals surface area (Å²) in [6, 6.07) is 12.3. The predicted octanol–water partition coefficient (Wildman–Crippen LogP) is 3.35. The fraction of sp³-hybridized carbons (Fsp3) is 0.188. The van der Waals surface area contributed by atoms with Gasteiger partial charge in [0.1, 0.15) is 0 Å². The second-order valence-corrected chi connectivity index (χ2v) is 4.71. The van der Waals surface area contributed by atoms with Gasteiger partial charge >= 0.3 is 5.97 Å². The highest BCUT2D eigenvalue weighted by Crippen LogP contribution is 2.29. The molecule has 3 heteroatoms. The highest BCUT2D eigenvalue weighted by Gasteiger charge is 2.13. The van der Waals surface area contributed by atoms with Crippen LogP contribution in [0, 0.1) is 6.92 Å². The number of aryl methyl sites for hydroxylation is 1. The molecular weight excluding hydrogens is 238 g/mol. The normalized spacial score (nSPS) is 11.1. The van der Waals surface area contributed by atoms with E-state index in [9.17, 15) is 4.79 Å². The summed E-state index contributed by atoms with van der Waals surface area (Å²) in [7, 11) is 1.42. The van der Waals surface area contributed by atoms with Gasteiger partial charge in [-0.1, -0.05) is 30.3 Å². The van der Waals surface area contributed by atoms with Crippen LogP contribution in [0.3, 0.4) is 0 Å². The molecular formula is C16H15NO2. The molecule has 3 nitrogen and oxygen atoms in total. The van der Waals surface area contributed by atoms with Crippen LogP contribution in [0.25, 0.3) is 21.8 Å². The SMILES string of the molecule is COC(=O)Cc1c(C)ccc2c1[nH]c1ccccc12. The van der Waals surface area contributed by atoms with E-state index >= 15 is 0 Å². The summed E-state index contributed by atoms with van der Waals surface area (Å²) in [5.74, 6) is -0.214. The second-order valence-electron chi connectivity index (χ2n) is 4.71. The molecule has 0 atom stereocenters. The zero-order chi connectivity index (χ0) is 13.4.